The summed E-state index contributed by atoms with van der Waals surface area (Å²) in [5.74, 6) is -1.12. The molecule has 0 aromatic rings. The predicted octanol–water partition coefficient (Wildman–Crippen LogP) is 0.622. The van der Waals surface area contributed by atoms with Crippen molar-refractivity contribution in [2.24, 2.45) is 0 Å². The molecule has 0 fully saturated rings. The van der Waals surface area contributed by atoms with Crippen molar-refractivity contribution in [3.63, 3.8) is 0 Å². The number of carboxylic acids is 1. The van der Waals surface area contributed by atoms with Gasteiger partial charge >= 0.3 is 5.97 Å². The van der Waals surface area contributed by atoms with Crippen molar-refractivity contribution in [3.05, 3.63) is 0 Å². The van der Waals surface area contributed by atoms with Gasteiger partial charge in [-0.05, 0) is 6.42 Å². The topological polar surface area (TPSA) is 57.5 Å². The average molecular weight is 132 g/mol. The Morgan fingerprint density at radius 1 is 1.67 bits per heavy atom. The molecule has 0 heterocycles. The summed E-state index contributed by atoms with van der Waals surface area (Å²) in [5, 5.41) is 16.8. The van der Waals surface area contributed by atoms with Crippen LogP contribution in [0.25, 0.3) is 0 Å². The zero-order valence-corrected chi connectivity index (χ0v) is 5.50. The molecule has 0 aliphatic rings. The molecule has 0 bridgehead atoms. The number of aliphatic hydroxyl groups excluding tert-OH is 1. The molecule has 0 saturated heterocycles. The van der Waals surface area contributed by atoms with Crippen molar-refractivity contribution in [3.8, 4) is 0 Å². The molecule has 0 amide bonds. The van der Waals surface area contributed by atoms with Gasteiger partial charge in [0, 0.05) is 0 Å². The number of rotatable bonds is 4. The van der Waals surface area contributed by atoms with Crippen LogP contribution in [-0.4, -0.2) is 22.3 Å². The van der Waals surface area contributed by atoms with Crippen LogP contribution in [0.5, 0.6) is 0 Å². The summed E-state index contributed by atoms with van der Waals surface area (Å²) in [6.45, 7) is 1.95. The molecule has 0 aliphatic heterocycles. The van der Waals surface area contributed by atoms with Crippen LogP contribution in [0.3, 0.4) is 0 Å². The molecule has 3 heteroatoms. The highest BCUT2D eigenvalue weighted by Gasteiger charge is 2.10. The van der Waals surface area contributed by atoms with E-state index in [0.717, 1.165) is 12.8 Å². The van der Waals surface area contributed by atoms with E-state index in [1.807, 2.05) is 6.92 Å². The van der Waals surface area contributed by atoms with E-state index in [-0.39, 0.29) is 0 Å². The molecule has 2 N–H and O–H groups in total. The monoisotopic (exact) mass is 132 g/mol. The van der Waals surface area contributed by atoms with E-state index in [9.17, 15) is 4.79 Å². The molecule has 0 spiro atoms. The third kappa shape index (κ3) is 3.97. The Hall–Kier alpha value is -0.570. The Morgan fingerprint density at radius 2 is 2.22 bits per heavy atom. The SMILES string of the molecule is CCCC[C@@H](O)C(=O)O. The van der Waals surface area contributed by atoms with Crippen molar-refractivity contribution in [2.45, 2.75) is 32.3 Å². The van der Waals surface area contributed by atoms with Gasteiger partial charge in [0.25, 0.3) is 0 Å². The molecule has 9 heavy (non-hydrogen) atoms. The standard InChI is InChI=1S/C6H12O3/c1-2-3-4-5(7)6(8)9/h5,7H,2-4H2,1H3,(H,8,9)/t5-/m1/s1. The number of aliphatic carboxylic acids is 1. The second-order valence-electron chi connectivity index (χ2n) is 2.00. The number of aliphatic hydroxyl groups is 1. The van der Waals surface area contributed by atoms with Crippen molar-refractivity contribution in [2.75, 3.05) is 0 Å². The van der Waals surface area contributed by atoms with E-state index in [0.29, 0.717) is 6.42 Å². The number of hydrogen-bond acceptors (Lipinski definition) is 2. The van der Waals surface area contributed by atoms with Crippen molar-refractivity contribution in [1.29, 1.82) is 0 Å². The van der Waals surface area contributed by atoms with E-state index in [2.05, 4.69) is 0 Å². The Morgan fingerprint density at radius 3 is 2.56 bits per heavy atom. The van der Waals surface area contributed by atoms with E-state index < -0.39 is 12.1 Å². The van der Waals surface area contributed by atoms with Crippen LogP contribution in [0.1, 0.15) is 26.2 Å². The molecule has 3 nitrogen and oxygen atoms in total. The molecule has 54 valence electrons. The predicted molar refractivity (Wildman–Crippen MR) is 33.2 cm³/mol. The Bertz CT molecular complexity index is 90.3. The molecule has 0 saturated carbocycles. The lowest BCUT2D eigenvalue weighted by molar-refractivity contribution is -0.146. The van der Waals surface area contributed by atoms with Crippen molar-refractivity contribution in [1.82, 2.24) is 0 Å². The summed E-state index contributed by atoms with van der Waals surface area (Å²) in [6.07, 6.45) is 0.897. The maximum atomic E-state index is 9.96. The largest absolute Gasteiger partial charge is 0.479 e. The van der Waals surface area contributed by atoms with Crippen LogP contribution in [-0.2, 0) is 4.79 Å². The second kappa shape index (κ2) is 4.32. The number of carbonyl (C=O) groups is 1. The fraction of sp³-hybridized carbons (Fsp3) is 0.833. The first-order valence-corrected chi connectivity index (χ1v) is 3.09. The van der Waals surface area contributed by atoms with Crippen molar-refractivity contribution < 1.29 is 15.0 Å². The Balaban J connectivity index is 3.27. The van der Waals surface area contributed by atoms with Gasteiger partial charge in [-0.3, -0.25) is 0 Å². The molecule has 0 radical (unpaired) electrons. The first kappa shape index (κ1) is 8.43. The molecule has 1 atom stereocenters. The second-order valence-corrected chi connectivity index (χ2v) is 2.00. The highest BCUT2D eigenvalue weighted by molar-refractivity contribution is 5.71. The van der Waals surface area contributed by atoms with Gasteiger partial charge in [-0.2, -0.15) is 0 Å². The minimum absolute atomic E-state index is 0.367. The molecule has 0 aliphatic carbocycles. The molecule has 0 aromatic carbocycles. The fourth-order valence-electron chi connectivity index (χ4n) is 0.521. The van der Waals surface area contributed by atoms with Crippen LogP contribution in [0, 0.1) is 0 Å². The Labute approximate surface area is 54.3 Å². The minimum atomic E-state index is -1.16. The highest BCUT2D eigenvalue weighted by atomic mass is 16.4. The maximum Gasteiger partial charge on any atom is 0.332 e. The highest BCUT2D eigenvalue weighted by Crippen LogP contribution is 1.99. The van der Waals surface area contributed by atoms with Crippen molar-refractivity contribution >= 4 is 5.97 Å². The third-order valence-electron chi connectivity index (χ3n) is 1.12. The van der Waals surface area contributed by atoms with Gasteiger partial charge in [0.15, 0.2) is 6.10 Å². The van der Waals surface area contributed by atoms with E-state index in [1.165, 1.54) is 0 Å². The summed E-state index contributed by atoms with van der Waals surface area (Å²) >= 11 is 0. The Kier molecular flexibility index (Phi) is 4.05. The van der Waals surface area contributed by atoms with Crippen LogP contribution in [0.4, 0.5) is 0 Å². The van der Waals surface area contributed by atoms with Gasteiger partial charge in [-0.15, -0.1) is 0 Å². The lowest BCUT2D eigenvalue weighted by Gasteiger charge is -2.01. The van der Waals surface area contributed by atoms with Gasteiger partial charge in [0.1, 0.15) is 0 Å². The maximum absolute atomic E-state index is 9.96. The van der Waals surface area contributed by atoms with E-state index >= 15 is 0 Å². The first-order valence-electron chi connectivity index (χ1n) is 3.09. The van der Waals surface area contributed by atoms with Gasteiger partial charge in [-0.1, -0.05) is 19.8 Å². The zero-order chi connectivity index (χ0) is 7.28. The number of hydrogen-bond donors (Lipinski definition) is 2. The molecule has 0 rings (SSSR count). The fourth-order valence-corrected chi connectivity index (χ4v) is 0.521. The molecule has 0 unspecified atom stereocenters. The van der Waals surface area contributed by atoms with Crippen LogP contribution in [0.15, 0.2) is 0 Å². The van der Waals surface area contributed by atoms with Gasteiger partial charge in [0.05, 0.1) is 0 Å². The normalized spacial score (nSPS) is 13.1. The van der Waals surface area contributed by atoms with Gasteiger partial charge < -0.3 is 10.2 Å². The first-order chi connectivity index (χ1) is 4.18. The minimum Gasteiger partial charge on any atom is -0.479 e. The number of unbranched alkanes of at least 4 members (excludes halogenated alkanes) is 1. The zero-order valence-electron chi connectivity index (χ0n) is 5.50. The summed E-state index contributed by atoms with van der Waals surface area (Å²) in [6, 6.07) is 0. The molecule has 0 aromatic heterocycles. The summed E-state index contributed by atoms with van der Waals surface area (Å²) in [5.41, 5.74) is 0. The lowest BCUT2D eigenvalue weighted by atomic mass is 10.2. The molecular weight excluding hydrogens is 120 g/mol. The van der Waals surface area contributed by atoms with Crippen LogP contribution >= 0.6 is 0 Å². The average Bonchev–Trinajstić information content (AvgIpc) is 1.82. The van der Waals surface area contributed by atoms with Crippen LogP contribution in [0.2, 0.25) is 0 Å². The lowest BCUT2D eigenvalue weighted by Crippen LogP contribution is -2.18. The van der Waals surface area contributed by atoms with Gasteiger partial charge in [-0.25, -0.2) is 4.79 Å². The van der Waals surface area contributed by atoms with Gasteiger partial charge in [0.2, 0.25) is 0 Å². The van der Waals surface area contributed by atoms with E-state index in [1.54, 1.807) is 0 Å². The third-order valence-corrected chi connectivity index (χ3v) is 1.12. The van der Waals surface area contributed by atoms with E-state index in [4.69, 9.17) is 10.2 Å². The molecular formula is C6H12O3. The quantitative estimate of drug-likeness (QED) is 0.589. The smallest absolute Gasteiger partial charge is 0.332 e. The summed E-state index contributed by atoms with van der Waals surface area (Å²) in [4.78, 5) is 9.96. The van der Waals surface area contributed by atoms with Crippen LogP contribution < -0.4 is 0 Å². The number of carboxylic acid groups (broad SMARTS) is 1. The summed E-state index contributed by atoms with van der Waals surface area (Å²) < 4.78 is 0. The summed E-state index contributed by atoms with van der Waals surface area (Å²) in [7, 11) is 0.